The number of ether oxygens (including phenoxy) is 2. The Morgan fingerprint density at radius 2 is 2.26 bits per heavy atom. The van der Waals surface area contributed by atoms with Crippen molar-refractivity contribution in [3.05, 3.63) is 18.5 Å². The summed E-state index contributed by atoms with van der Waals surface area (Å²) >= 11 is 0. The van der Waals surface area contributed by atoms with E-state index in [2.05, 4.69) is 10.00 Å². The molecule has 1 saturated carbocycles. The van der Waals surface area contributed by atoms with E-state index in [0.717, 1.165) is 51.7 Å². The quantitative estimate of drug-likeness (QED) is 0.781. The van der Waals surface area contributed by atoms with Gasteiger partial charge in [-0.05, 0) is 38.2 Å². The van der Waals surface area contributed by atoms with E-state index >= 15 is 0 Å². The first-order valence-corrected chi connectivity index (χ1v) is 8.76. The number of aliphatic hydroxyl groups excluding tert-OH is 1. The van der Waals surface area contributed by atoms with Crippen molar-refractivity contribution in [3.8, 4) is 0 Å². The van der Waals surface area contributed by atoms with Gasteiger partial charge in [-0.25, -0.2) is 0 Å². The van der Waals surface area contributed by atoms with Crippen LogP contribution in [0.4, 0.5) is 0 Å². The fourth-order valence-corrected chi connectivity index (χ4v) is 4.26. The molecule has 1 aromatic heterocycles. The maximum absolute atomic E-state index is 8.97. The number of nitrogens with zero attached hydrogens (tertiary/aromatic N) is 3. The van der Waals surface area contributed by atoms with Gasteiger partial charge in [-0.15, -0.1) is 0 Å². The molecule has 3 atom stereocenters. The first-order valence-electron chi connectivity index (χ1n) is 8.76. The van der Waals surface area contributed by atoms with Crippen molar-refractivity contribution in [2.45, 2.75) is 56.4 Å². The molecule has 0 radical (unpaired) electrons. The fraction of sp³-hybridized carbons (Fsp3) is 0.824. The van der Waals surface area contributed by atoms with E-state index in [1.165, 1.54) is 0 Å². The van der Waals surface area contributed by atoms with E-state index in [4.69, 9.17) is 14.6 Å². The molecule has 0 bridgehead atoms. The average molecular weight is 323 g/mol. The zero-order valence-corrected chi connectivity index (χ0v) is 14.1. The molecule has 130 valence electrons. The summed E-state index contributed by atoms with van der Waals surface area (Å²) in [6.45, 7) is 3.67. The number of aryl methyl sites for hydroxylation is 1. The zero-order valence-electron chi connectivity index (χ0n) is 14.1. The molecule has 0 amide bonds. The smallest absolute Gasteiger partial charge is 0.0847 e. The third-order valence-corrected chi connectivity index (χ3v) is 5.49. The molecule has 1 saturated heterocycles. The maximum Gasteiger partial charge on any atom is 0.0847 e. The van der Waals surface area contributed by atoms with Crippen molar-refractivity contribution in [1.82, 2.24) is 14.7 Å². The highest BCUT2D eigenvalue weighted by atomic mass is 16.5. The van der Waals surface area contributed by atoms with Crippen molar-refractivity contribution in [3.63, 3.8) is 0 Å². The highest BCUT2D eigenvalue weighted by Crippen LogP contribution is 2.43. The van der Waals surface area contributed by atoms with Crippen LogP contribution in [0.3, 0.4) is 0 Å². The molecule has 0 aromatic carbocycles. The van der Waals surface area contributed by atoms with Crippen LogP contribution < -0.4 is 0 Å². The van der Waals surface area contributed by atoms with Crippen molar-refractivity contribution < 1.29 is 14.6 Å². The number of likely N-dealkylation sites (tertiary alicyclic amines) is 1. The van der Waals surface area contributed by atoms with E-state index < -0.39 is 0 Å². The minimum Gasteiger partial charge on any atom is -0.394 e. The summed E-state index contributed by atoms with van der Waals surface area (Å²) in [7, 11) is 1.86. The van der Waals surface area contributed by atoms with Gasteiger partial charge < -0.3 is 14.6 Å². The minimum absolute atomic E-state index is 0.00474. The molecule has 3 rings (SSSR count). The van der Waals surface area contributed by atoms with Gasteiger partial charge in [0.25, 0.3) is 0 Å². The third kappa shape index (κ3) is 3.76. The Morgan fingerprint density at radius 3 is 3.00 bits per heavy atom. The van der Waals surface area contributed by atoms with Gasteiger partial charge in [0.2, 0.25) is 0 Å². The molecule has 1 aliphatic heterocycles. The largest absolute Gasteiger partial charge is 0.394 e. The molecule has 0 unspecified atom stereocenters. The van der Waals surface area contributed by atoms with Crippen LogP contribution in [-0.4, -0.2) is 70.9 Å². The summed E-state index contributed by atoms with van der Waals surface area (Å²) < 4.78 is 13.8. The standard InChI is InChI=1S/C17H29N3O3/c1-22-17-5-4-15(23-13-12-21)14-16(17)19(11-6-17)8-3-10-20-9-2-7-18-20/h2,7,9,15-16,21H,3-6,8,10-14H2,1H3/t15-,16-,17+/m0/s1. The summed E-state index contributed by atoms with van der Waals surface area (Å²) in [5.74, 6) is 0. The normalized spacial score (nSPS) is 31.4. The van der Waals surface area contributed by atoms with Crippen molar-refractivity contribution in [2.75, 3.05) is 33.4 Å². The van der Waals surface area contributed by atoms with Crippen molar-refractivity contribution in [1.29, 1.82) is 0 Å². The number of aromatic nitrogens is 2. The lowest BCUT2D eigenvalue weighted by molar-refractivity contribution is -0.103. The number of hydrogen-bond donors (Lipinski definition) is 1. The van der Waals surface area contributed by atoms with Gasteiger partial charge >= 0.3 is 0 Å². The van der Waals surface area contributed by atoms with Crippen molar-refractivity contribution in [2.24, 2.45) is 0 Å². The molecule has 2 heterocycles. The second-order valence-electron chi connectivity index (χ2n) is 6.68. The molecule has 1 N–H and O–H groups in total. The Kier molecular flexibility index (Phi) is 5.69. The van der Waals surface area contributed by atoms with Crippen LogP contribution in [-0.2, 0) is 16.0 Å². The van der Waals surface area contributed by atoms with E-state index in [1.807, 2.05) is 30.3 Å². The lowest BCUT2D eigenvalue weighted by atomic mass is 9.79. The summed E-state index contributed by atoms with van der Waals surface area (Å²) in [6, 6.07) is 2.40. The number of fused-ring (bicyclic) bond motifs is 1. The minimum atomic E-state index is 0.00474. The second-order valence-corrected chi connectivity index (χ2v) is 6.68. The van der Waals surface area contributed by atoms with Crippen LogP contribution in [0.25, 0.3) is 0 Å². The number of methoxy groups -OCH3 is 1. The van der Waals surface area contributed by atoms with Gasteiger partial charge in [-0.2, -0.15) is 5.10 Å². The summed E-state index contributed by atoms with van der Waals surface area (Å²) in [6.07, 6.45) is 9.41. The van der Waals surface area contributed by atoms with E-state index in [1.54, 1.807) is 0 Å². The number of rotatable bonds is 8. The van der Waals surface area contributed by atoms with Gasteiger partial charge in [0.1, 0.15) is 0 Å². The first-order chi connectivity index (χ1) is 11.3. The lowest BCUT2D eigenvalue weighted by Gasteiger charge is -2.43. The molecule has 2 fully saturated rings. The molecule has 23 heavy (non-hydrogen) atoms. The van der Waals surface area contributed by atoms with E-state index in [-0.39, 0.29) is 18.3 Å². The number of hydrogen-bond acceptors (Lipinski definition) is 5. The van der Waals surface area contributed by atoms with Gasteiger partial charge in [0.05, 0.1) is 24.9 Å². The van der Waals surface area contributed by atoms with E-state index in [9.17, 15) is 0 Å². The van der Waals surface area contributed by atoms with Gasteiger partial charge in [-0.3, -0.25) is 9.58 Å². The molecular weight excluding hydrogens is 294 g/mol. The molecule has 6 nitrogen and oxygen atoms in total. The summed E-state index contributed by atoms with van der Waals surface area (Å²) in [5, 5.41) is 13.2. The van der Waals surface area contributed by atoms with Crippen LogP contribution in [0.5, 0.6) is 0 Å². The van der Waals surface area contributed by atoms with Crippen LogP contribution in [0.15, 0.2) is 18.5 Å². The molecule has 1 aliphatic carbocycles. The Bertz CT molecular complexity index is 468. The van der Waals surface area contributed by atoms with Gasteiger partial charge in [-0.1, -0.05) is 0 Å². The molecule has 6 heteroatoms. The molecule has 2 aliphatic rings. The lowest BCUT2D eigenvalue weighted by Crippen LogP contribution is -2.52. The highest BCUT2D eigenvalue weighted by Gasteiger charge is 2.50. The third-order valence-electron chi connectivity index (χ3n) is 5.49. The average Bonchev–Trinajstić information content (AvgIpc) is 3.21. The molecule has 0 spiro atoms. The van der Waals surface area contributed by atoms with Crippen LogP contribution in [0.1, 0.15) is 32.1 Å². The maximum atomic E-state index is 8.97. The second kappa shape index (κ2) is 7.75. The van der Waals surface area contributed by atoms with Crippen LogP contribution in [0.2, 0.25) is 0 Å². The summed E-state index contributed by atoms with van der Waals surface area (Å²) in [5.41, 5.74) is 0.00474. The van der Waals surface area contributed by atoms with Crippen LogP contribution >= 0.6 is 0 Å². The molecule has 1 aromatic rings. The first kappa shape index (κ1) is 16.9. The predicted octanol–water partition coefficient (Wildman–Crippen LogP) is 1.29. The molecular formula is C17H29N3O3. The Morgan fingerprint density at radius 1 is 1.35 bits per heavy atom. The fourth-order valence-electron chi connectivity index (χ4n) is 4.26. The number of aliphatic hydroxyl groups is 1. The zero-order chi connectivity index (χ0) is 16.1. The summed E-state index contributed by atoms with van der Waals surface area (Å²) in [4.78, 5) is 2.57. The van der Waals surface area contributed by atoms with Crippen LogP contribution in [0, 0.1) is 0 Å². The van der Waals surface area contributed by atoms with Gasteiger partial charge in [0.15, 0.2) is 0 Å². The predicted molar refractivity (Wildman–Crippen MR) is 87.2 cm³/mol. The SMILES string of the molecule is CO[C@@]12CC[C@H](OCCO)C[C@@H]1N(CCCn1cccn1)CC2. The monoisotopic (exact) mass is 323 g/mol. The Labute approximate surface area is 138 Å². The Hall–Kier alpha value is -0.950. The van der Waals surface area contributed by atoms with Crippen molar-refractivity contribution >= 4 is 0 Å². The van der Waals surface area contributed by atoms with Gasteiger partial charge in [0, 0.05) is 45.2 Å². The Balaban J connectivity index is 1.55. The van der Waals surface area contributed by atoms with E-state index in [0.29, 0.717) is 12.6 Å². The topological polar surface area (TPSA) is 59.8 Å². The highest BCUT2D eigenvalue weighted by molar-refractivity contribution is 5.05.